The van der Waals surface area contributed by atoms with E-state index >= 15 is 0 Å². The second-order valence-electron chi connectivity index (χ2n) is 7.51. The third-order valence-corrected chi connectivity index (χ3v) is 4.46. The van der Waals surface area contributed by atoms with Gasteiger partial charge >= 0.3 is 6.09 Å². The van der Waals surface area contributed by atoms with Crippen LogP contribution in [0.1, 0.15) is 66.2 Å². The highest BCUT2D eigenvalue weighted by molar-refractivity contribution is 5.68. The van der Waals surface area contributed by atoms with Gasteiger partial charge in [0.05, 0.1) is 0 Å². The summed E-state index contributed by atoms with van der Waals surface area (Å²) in [6, 6.07) is 1.45. The van der Waals surface area contributed by atoms with Gasteiger partial charge in [-0.2, -0.15) is 0 Å². The quantitative estimate of drug-likeness (QED) is 0.832. The fourth-order valence-electron chi connectivity index (χ4n) is 3.31. The van der Waals surface area contributed by atoms with Gasteiger partial charge in [0.2, 0.25) is 0 Å². The Kier molecular flexibility index (Phi) is 4.95. The zero-order valence-electron chi connectivity index (χ0n) is 13.4. The van der Waals surface area contributed by atoms with Gasteiger partial charge in [0.1, 0.15) is 5.60 Å². The van der Waals surface area contributed by atoms with Crippen LogP contribution >= 0.6 is 0 Å². The molecule has 0 radical (unpaired) electrons. The predicted molar refractivity (Wildman–Crippen MR) is 80.7 cm³/mol. The molecule has 0 bridgehead atoms. The standard InChI is InChI=1S/C16H30N2O2/c1-11(12-7-5-6-8-12)17-13-9-14(10-13)18-15(19)20-16(2,3)4/h11-14,17H,5-10H2,1-4H3,(H,18,19). The zero-order chi connectivity index (χ0) is 14.8. The van der Waals surface area contributed by atoms with Gasteiger partial charge in [0.15, 0.2) is 0 Å². The van der Waals surface area contributed by atoms with Crippen LogP contribution in [0.4, 0.5) is 4.79 Å². The molecule has 0 heterocycles. The number of carbonyl (C=O) groups is 1. The summed E-state index contributed by atoms with van der Waals surface area (Å²) in [6.45, 7) is 7.98. The van der Waals surface area contributed by atoms with Gasteiger partial charge in [-0.3, -0.25) is 0 Å². The number of hydrogen-bond acceptors (Lipinski definition) is 3. The Morgan fingerprint density at radius 2 is 1.75 bits per heavy atom. The number of ether oxygens (including phenoxy) is 1. The average Bonchev–Trinajstić information content (AvgIpc) is 2.76. The van der Waals surface area contributed by atoms with Crippen molar-refractivity contribution in [2.75, 3.05) is 0 Å². The van der Waals surface area contributed by atoms with Crippen molar-refractivity contribution in [1.82, 2.24) is 10.6 Å². The molecule has 0 aliphatic heterocycles. The van der Waals surface area contributed by atoms with Crippen LogP contribution in [0.5, 0.6) is 0 Å². The largest absolute Gasteiger partial charge is 0.444 e. The maximum absolute atomic E-state index is 11.6. The van der Waals surface area contributed by atoms with Crippen molar-refractivity contribution in [2.24, 2.45) is 5.92 Å². The van der Waals surface area contributed by atoms with Crippen LogP contribution < -0.4 is 10.6 Å². The topological polar surface area (TPSA) is 50.4 Å². The molecule has 2 aliphatic rings. The molecule has 116 valence electrons. The van der Waals surface area contributed by atoms with Crippen LogP contribution in [0.15, 0.2) is 0 Å². The van der Waals surface area contributed by atoms with Crippen LogP contribution in [0.3, 0.4) is 0 Å². The van der Waals surface area contributed by atoms with E-state index in [-0.39, 0.29) is 12.1 Å². The average molecular weight is 282 g/mol. The van der Waals surface area contributed by atoms with Crippen molar-refractivity contribution in [2.45, 2.75) is 89.9 Å². The summed E-state index contributed by atoms with van der Waals surface area (Å²) >= 11 is 0. The van der Waals surface area contributed by atoms with Crippen LogP contribution in [-0.4, -0.2) is 29.8 Å². The molecule has 4 nitrogen and oxygen atoms in total. The van der Waals surface area contributed by atoms with E-state index in [9.17, 15) is 4.79 Å². The molecule has 0 aromatic rings. The van der Waals surface area contributed by atoms with E-state index in [4.69, 9.17) is 4.74 Å². The van der Waals surface area contributed by atoms with E-state index in [1.165, 1.54) is 25.7 Å². The highest BCUT2D eigenvalue weighted by Gasteiger charge is 2.33. The van der Waals surface area contributed by atoms with E-state index in [1.54, 1.807) is 0 Å². The summed E-state index contributed by atoms with van der Waals surface area (Å²) in [4.78, 5) is 11.6. The number of hydrogen-bond donors (Lipinski definition) is 2. The first kappa shape index (κ1) is 15.6. The zero-order valence-corrected chi connectivity index (χ0v) is 13.4. The molecule has 2 aliphatic carbocycles. The summed E-state index contributed by atoms with van der Waals surface area (Å²) in [5, 5.41) is 6.66. The first-order chi connectivity index (χ1) is 9.33. The lowest BCUT2D eigenvalue weighted by Gasteiger charge is -2.39. The Morgan fingerprint density at radius 3 is 2.30 bits per heavy atom. The molecule has 4 heteroatoms. The number of carbonyl (C=O) groups excluding carboxylic acids is 1. The molecule has 0 spiro atoms. The molecule has 2 fully saturated rings. The highest BCUT2D eigenvalue weighted by Crippen LogP contribution is 2.29. The molecular weight excluding hydrogens is 252 g/mol. The second kappa shape index (κ2) is 6.33. The van der Waals surface area contributed by atoms with Crippen LogP contribution in [0, 0.1) is 5.92 Å². The third kappa shape index (κ3) is 4.65. The van der Waals surface area contributed by atoms with E-state index in [2.05, 4.69) is 17.6 Å². The Bertz CT molecular complexity index is 326. The van der Waals surface area contributed by atoms with Gasteiger partial charge in [-0.05, 0) is 59.3 Å². The van der Waals surface area contributed by atoms with Gasteiger partial charge in [0, 0.05) is 18.1 Å². The van der Waals surface area contributed by atoms with Gasteiger partial charge in [-0.25, -0.2) is 4.79 Å². The fraction of sp³-hybridized carbons (Fsp3) is 0.938. The lowest BCUT2D eigenvalue weighted by molar-refractivity contribution is 0.0461. The smallest absolute Gasteiger partial charge is 0.407 e. The van der Waals surface area contributed by atoms with Crippen molar-refractivity contribution in [1.29, 1.82) is 0 Å². The molecule has 1 unspecified atom stereocenters. The summed E-state index contributed by atoms with van der Waals surface area (Å²) < 4.78 is 5.27. The third-order valence-electron chi connectivity index (χ3n) is 4.46. The predicted octanol–water partition coefficient (Wildman–Crippen LogP) is 3.21. The Balaban J connectivity index is 1.61. The Hall–Kier alpha value is -0.770. The van der Waals surface area contributed by atoms with E-state index in [0.717, 1.165) is 18.8 Å². The second-order valence-corrected chi connectivity index (χ2v) is 7.51. The number of alkyl carbamates (subject to hydrolysis) is 1. The van der Waals surface area contributed by atoms with Crippen molar-refractivity contribution >= 4 is 6.09 Å². The van der Waals surface area contributed by atoms with Crippen molar-refractivity contribution in [3.8, 4) is 0 Å². The lowest BCUT2D eigenvalue weighted by Crippen LogP contribution is -2.55. The molecule has 0 aromatic heterocycles. The SMILES string of the molecule is CC(NC1CC(NC(=O)OC(C)(C)C)C1)C1CCCC1. The van der Waals surface area contributed by atoms with Gasteiger partial charge in [0.25, 0.3) is 0 Å². The van der Waals surface area contributed by atoms with Crippen molar-refractivity contribution in [3.63, 3.8) is 0 Å². The minimum absolute atomic E-state index is 0.276. The number of nitrogens with one attached hydrogen (secondary N) is 2. The Labute approximate surface area is 123 Å². The van der Waals surface area contributed by atoms with Crippen molar-refractivity contribution < 1.29 is 9.53 Å². The van der Waals surface area contributed by atoms with Crippen LogP contribution in [0.2, 0.25) is 0 Å². The minimum atomic E-state index is -0.414. The number of amides is 1. The lowest BCUT2D eigenvalue weighted by atomic mass is 9.85. The van der Waals surface area contributed by atoms with Crippen molar-refractivity contribution in [3.05, 3.63) is 0 Å². The van der Waals surface area contributed by atoms with E-state index in [1.807, 2.05) is 20.8 Å². The summed E-state index contributed by atoms with van der Waals surface area (Å²) in [5.74, 6) is 0.855. The van der Waals surface area contributed by atoms with Gasteiger partial charge < -0.3 is 15.4 Å². The first-order valence-corrected chi connectivity index (χ1v) is 8.09. The van der Waals surface area contributed by atoms with Gasteiger partial charge in [-0.1, -0.05) is 12.8 Å². The summed E-state index contributed by atoms with van der Waals surface area (Å²) in [7, 11) is 0. The maximum Gasteiger partial charge on any atom is 0.407 e. The normalized spacial score (nSPS) is 28.8. The molecule has 0 saturated heterocycles. The summed E-state index contributed by atoms with van der Waals surface area (Å²) in [5.41, 5.74) is -0.414. The van der Waals surface area contributed by atoms with Gasteiger partial charge in [-0.15, -0.1) is 0 Å². The Morgan fingerprint density at radius 1 is 1.15 bits per heavy atom. The highest BCUT2D eigenvalue weighted by atomic mass is 16.6. The number of rotatable bonds is 4. The molecular formula is C16H30N2O2. The molecule has 2 saturated carbocycles. The monoisotopic (exact) mass is 282 g/mol. The van der Waals surface area contributed by atoms with E-state index < -0.39 is 5.60 Å². The molecule has 1 atom stereocenters. The summed E-state index contributed by atoms with van der Waals surface area (Å²) in [6.07, 6.45) is 7.30. The maximum atomic E-state index is 11.6. The molecule has 2 rings (SSSR count). The molecule has 1 amide bonds. The van der Waals surface area contributed by atoms with Crippen LogP contribution in [0.25, 0.3) is 0 Å². The molecule has 0 aromatic carbocycles. The van der Waals surface area contributed by atoms with Crippen LogP contribution in [-0.2, 0) is 4.74 Å². The first-order valence-electron chi connectivity index (χ1n) is 8.09. The fourth-order valence-corrected chi connectivity index (χ4v) is 3.31. The minimum Gasteiger partial charge on any atom is -0.444 e. The molecule has 2 N–H and O–H groups in total. The molecule has 20 heavy (non-hydrogen) atoms. The van der Waals surface area contributed by atoms with E-state index in [0.29, 0.717) is 12.1 Å².